The molecule has 0 aromatic rings. The van der Waals surface area contributed by atoms with E-state index in [1.165, 1.54) is 0 Å². The Morgan fingerprint density at radius 3 is 2.27 bits per heavy atom. The standard InChI is InChI=1S/C8H18N2O/c1-5-7(8(11)9-4)10-6(2)3/h6-7,10H,5H2,1-4H3,(H,9,11)/t7-/m0/s1. The van der Waals surface area contributed by atoms with Gasteiger partial charge in [-0.05, 0) is 6.42 Å². The molecule has 0 aliphatic heterocycles. The lowest BCUT2D eigenvalue weighted by molar-refractivity contribution is -0.122. The zero-order valence-corrected chi connectivity index (χ0v) is 7.77. The molecule has 11 heavy (non-hydrogen) atoms. The van der Waals surface area contributed by atoms with Gasteiger partial charge in [-0.15, -0.1) is 0 Å². The molecule has 0 unspecified atom stereocenters. The quantitative estimate of drug-likeness (QED) is 0.626. The van der Waals surface area contributed by atoms with Gasteiger partial charge < -0.3 is 10.6 Å². The maximum atomic E-state index is 11.1. The molecule has 0 heterocycles. The number of nitrogens with one attached hydrogen (secondary N) is 2. The van der Waals surface area contributed by atoms with E-state index in [0.29, 0.717) is 6.04 Å². The predicted molar refractivity (Wildman–Crippen MR) is 46.4 cm³/mol. The highest BCUT2D eigenvalue weighted by molar-refractivity contribution is 5.81. The Labute approximate surface area is 68.6 Å². The number of carbonyl (C=O) groups is 1. The van der Waals surface area contributed by atoms with Crippen LogP contribution in [-0.4, -0.2) is 25.0 Å². The average Bonchev–Trinajstić information content (AvgIpc) is 1.98. The van der Waals surface area contributed by atoms with Crippen LogP contribution in [-0.2, 0) is 4.79 Å². The van der Waals surface area contributed by atoms with Gasteiger partial charge >= 0.3 is 0 Å². The van der Waals surface area contributed by atoms with Crippen molar-refractivity contribution in [1.82, 2.24) is 10.6 Å². The van der Waals surface area contributed by atoms with Gasteiger partial charge in [0, 0.05) is 13.1 Å². The van der Waals surface area contributed by atoms with E-state index in [1.807, 2.05) is 20.8 Å². The van der Waals surface area contributed by atoms with E-state index in [4.69, 9.17) is 0 Å². The fourth-order valence-electron chi connectivity index (χ4n) is 0.956. The summed E-state index contributed by atoms with van der Waals surface area (Å²) in [5.41, 5.74) is 0. The van der Waals surface area contributed by atoms with Crippen molar-refractivity contribution in [2.75, 3.05) is 7.05 Å². The van der Waals surface area contributed by atoms with E-state index in [0.717, 1.165) is 6.42 Å². The van der Waals surface area contributed by atoms with Crippen LogP contribution in [0, 0.1) is 0 Å². The van der Waals surface area contributed by atoms with E-state index in [9.17, 15) is 4.79 Å². The molecule has 1 atom stereocenters. The van der Waals surface area contributed by atoms with Crippen LogP contribution < -0.4 is 10.6 Å². The molecule has 66 valence electrons. The van der Waals surface area contributed by atoms with Crippen LogP contribution in [0.5, 0.6) is 0 Å². The molecule has 0 aliphatic rings. The summed E-state index contributed by atoms with van der Waals surface area (Å²) in [5.74, 6) is 0.0706. The van der Waals surface area contributed by atoms with Crippen LogP contribution in [0.1, 0.15) is 27.2 Å². The Bertz CT molecular complexity index is 123. The molecule has 3 nitrogen and oxygen atoms in total. The maximum Gasteiger partial charge on any atom is 0.236 e. The molecule has 2 N–H and O–H groups in total. The third-order valence-electron chi connectivity index (χ3n) is 1.51. The van der Waals surface area contributed by atoms with Crippen molar-refractivity contribution in [3.63, 3.8) is 0 Å². The second-order valence-electron chi connectivity index (χ2n) is 2.90. The molecule has 0 bridgehead atoms. The van der Waals surface area contributed by atoms with Gasteiger partial charge in [0.05, 0.1) is 6.04 Å². The van der Waals surface area contributed by atoms with Gasteiger partial charge in [0.15, 0.2) is 0 Å². The monoisotopic (exact) mass is 158 g/mol. The summed E-state index contributed by atoms with van der Waals surface area (Å²) < 4.78 is 0. The molecule has 0 spiro atoms. The molecule has 0 fully saturated rings. The second kappa shape index (κ2) is 5.13. The Balaban J connectivity index is 3.84. The summed E-state index contributed by atoms with van der Waals surface area (Å²) in [4.78, 5) is 11.1. The van der Waals surface area contributed by atoms with E-state index in [2.05, 4.69) is 10.6 Å². The van der Waals surface area contributed by atoms with Crippen molar-refractivity contribution in [2.45, 2.75) is 39.3 Å². The van der Waals surface area contributed by atoms with Gasteiger partial charge in [-0.3, -0.25) is 4.79 Å². The molecule has 0 saturated heterocycles. The van der Waals surface area contributed by atoms with Crippen LogP contribution in [0.15, 0.2) is 0 Å². The van der Waals surface area contributed by atoms with Crippen molar-refractivity contribution in [3.8, 4) is 0 Å². The molecule has 0 aliphatic carbocycles. The second-order valence-corrected chi connectivity index (χ2v) is 2.90. The van der Waals surface area contributed by atoms with E-state index < -0.39 is 0 Å². The fraction of sp³-hybridized carbons (Fsp3) is 0.875. The van der Waals surface area contributed by atoms with E-state index in [1.54, 1.807) is 7.05 Å². The van der Waals surface area contributed by atoms with Gasteiger partial charge in [0.25, 0.3) is 0 Å². The van der Waals surface area contributed by atoms with Crippen LogP contribution >= 0.6 is 0 Å². The van der Waals surface area contributed by atoms with Crippen LogP contribution in [0.2, 0.25) is 0 Å². The summed E-state index contributed by atoms with van der Waals surface area (Å²) >= 11 is 0. The molecule has 0 rings (SSSR count). The minimum Gasteiger partial charge on any atom is -0.358 e. The molecule has 0 radical (unpaired) electrons. The third-order valence-corrected chi connectivity index (χ3v) is 1.51. The molecule has 0 aromatic carbocycles. The molecule has 3 heteroatoms. The number of carbonyl (C=O) groups excluding carboxylic acids is 1. The Kier molecular flexibility index (Phi) is 4.86. The number of hydrogen-bond acceptors (Lipinski definition) is 2. The molecular formula is C8H18N2O. The summed E-state index contributed by atoms with van der Waals surface area (Å²) in [6, 6.07) is 0.317. The maximum absolute atomic E-state index is 11.1. The SMILES string of the molecule is CC[C@H](NC(C)C)C(=O)NC. The highest BCUT2D eigenvalue weighted by atomic mass is 16.2. The largest absolute Gasteiger partial charge is 0.358 e. The minimum atomic E-state index is -0.0417. The van der Waals surface area contributed by atoms with Crippen molar-refractivity contribution >= 4 is 5.91 Å². The summed E-state index contributed by atoms with van der Waals surface area (Å²) in [5, 5.41) is 5.79. The van der Waals surface area contributed by atoms with Gasteiger partial charge in [-0.1, -0.05) is 20.8 Å². The lowest BCUT2D eigenvalue weighted by Gasteiger charge is -2.17. The predicted octanol–water partition coefficient (Wildman–Crippen LogP) is 0.509. The first-order chi connectivity index (χ1) is 5.11. The zero-order valence-electron chi connectivity index (χ0n) is 7.77. The highest BCUT2D eigenvalue weighted by Crippen LogP contribution is 1.92. The zero-order chi connectivity index (χ0) is 8.85. The lowest BCUT2D eigenvalue weighted by atomic mass is 10.2. The minimum absolute atomic E-state index is 0.0417. The van der Waals surface area contributed by atoms with Crippen molar-refractivity contribution in [2.24, 2.45) is 0 Å². The number of rotatable bonds is 4. The fourth-order valence-corrected chi connectivity index (χ4v) is 0.956. The first-order valence-electron chi connectivity index (χ1n) is 4.09. The number of likely N-dealkylation sites (N-methyl/N-ethyl adjacent to an activating group) is 1. The van der Waals surface area contributed by atoms with Gasteiger partial charge in [0.2, 0.25) is 5.91 Å². The van der Waals surface area contributed by atoms with E-state index >= 15 is 0 Å². The van der Waals surface area contributed by atoms with Crippen LogP contribution in [0.25, 0.3) is 0 Å². The molecular weight excluding hydrogens is 140 g/mol. The third kappa shape index (κ3) is 3.98. The molecule has 0 saturated carbocycles. The number of amides is 1. The normalized spacial score (nSPS) is 13.2. The summed E-state index contributed by atoms with van der Waals surface area (Å²) in [6.45, 7) is 6.06. The van der Waals surface area contributed by atoms with Crippen molar-refractivity contribution in [1.29, 1.82) is 0 Å². The highest BCUT2D eigenvalue weighted by Gasteiger charge is 2.14. The van der Waals surface area contributed by atoms with Gasteiger partial charge in [0.1, 0.15) is 0 Å². The number of hydrogen-bond donors (Lipinski definition) is 2. The van der Waals surface area contributed by atoms with Gasteiger partial charge in [-0.2, -0.15) is 0 Å². The molecule has 0 aromatic heterocycles. The van der Waals surface area contributed by atoms with Crippen molar-refractivity contribution in [3.05, 3.63) is 0 Å². The summed E-state index contributed by atoms with van der Waals surface area (Å²) in [7, 11) is 1.66. The molecule has 1 amide bonds. The topological polar surface area (TPSA) is 41.1 Å². The Morgan fingerprint density at radius 2 is 2.00 bits per heavy atom. The van der Waals surface area contributed by atoms with E-state index in [-0.39, 0.29) is 11.9 Å². The van der Waals surface area contributed by atoms with Crippen molar-refractivity contribution < 1.29 is 4.79 Å². The smallest absolute Gasteiger partial charge is 0.236 e. The lowest BCUT2D eigenvalue weighted by Crippen LogP contribution is -2.45. The first kappa shape index (κ1) is 10.4. The van der Waals surface area contributed by atoms with Crippen LogP contribution in [0.3, 0.4) is 0 Å². The Morgan fingerprint density at radius 1 is 1.45 bits per heavy atom. The summed E-state index contributed by atoms with van der Waals surface area (Å²) in [6.07, 6.45) is 0.831. The average molecular weight is 158 g/mol. The van der Waals surface area contributed by atoms with Gasteiger partial charge in [-0.25, -0.2) is 0 Å². The Hall–Kier alpha value is -0.570. The van der Waals surface area contributed by atoms with Crippen LogP contribution in [0.4, 0.5) is 0 Å². The first-order valence-corrected chi connectivity index (χ1v) is 4.09.